The highest BCUT2D eigenvalue weighted by atomic mass is 16.5. The van der Waals surface area contributed by atoms with E-state index in [2.05, 4.69) is 24.3 Å². The summed E-state index contributed by atoms with van der Waals surface area (Å²) >= 11 is 0. The predicted octanol–water partition coefficient (Wildman–Crippen LogP) is 6.47. The van der Waals surface area contributed by atoms with Gasteiger partial charge < -0.3 is 19.7 Å². The van der Waals surface area contributed by atoms with Crippen molar-refractivity contribution < 1.29 is 19.7 Å². The standard InChI is InChI=1S/C26H22O4/c27-21-3-1-5-25(17-21)29-23-13-9-19(10-14-23)7-8-20-11-15-24(16-12-20)30-26-6-2-4-22(28)18-26/h1-6,9-18,27-28H,7-8H2. The van der Waals surface area contributed by atoms with Crippen molar-refractivity contribution in [2.24, 2.45) is 0 Å². The minimum absolute atomic E-state index is 0.183. The second-order valence-electron chi connectivity index (χ2n) is 6.99. The molecule has 0 aliphatic carbocycles. The summed E-state index contributed by atoms with van der Waals surface area (Å²) in [5.74, 6) is 3.05. The van der Waals surface area contributed by atoms with Crippen LogP contribution in [0.4, 0.5) is 0 Å². The van der Waals surface area contributed by atoms with E-state index in [0.717, 1.165) is 24.3 Å². The Labute approximate surface area is 175 Å². The molecule has 0 unspecified atom stereocenters. The lowest BCUT2D eigenvalue weighted by atomic mass is 10.0. The lowest BCUT2D eigenvalue weighted by Crippen LogP contribution is -1.92. The zero-order valence-electron chi connectivity index (χ0n) is 16.4. The quantitative estimate of drug-likeness (QED) is 0.375. The number of aryl methyl sites for hydroxylation is 2. The van der Waals surface area contributed by atoms with Crippen molar-refractivity contribution in [1.29, 1.82) is 0 Å². The largest absolute Gasteiger partial charge is 0.508 e. The average Bonchev–Trinajstić information content (AvgIpc) is 2.74. The summed E-state index contributed by atoms with van der Waals surface area (Å²) in [5.41, 5.74) is 2.44. The van der Waals surface area contributed by atoms with Crippen molar-refractivity contribution in [2.75, 3.05) is 0 Å². The average molecular weight is 398 g/mol. The van der Waals surface area contributed by atoms with Crippen LogP contribution in [0.3, 0.4) is 0 Å². The van der Waals surface area contributed by atoms with Crippen molar-refractivity contribution in [1.82, 2.24) is 0 Å². The van der Waals surface area contributed by atoms with E-state index in [9.17, 15) is 10.2 Å². The summed E-state index contributed by atoms with van der Waals surface area (Å²) < 4.78 is 11.5. The molecule has 4 rings (SSSR count). The van der Waals surface area contributed by atoms with E-state index in [1.54, 1.807) is 36.4 Å². The van der Waals surface area contributed by atoms with E-state index in [1.165, 1.54) is 11.1 Å². The molecule has 150 valence electrons. The summed E-state index contributed by atoms with van der Waals surface area (Å²) in [6.45, 7) is 0. The molecule has 0 heterocycles. The Morgan fingerprint density at radius 1 is 0.467 bits per heavy atom. The zero-order chi connectivity index (χ0) is 20.8. The monoisotopic (exact) mass is 398 g/mol. The van der Waals surface area contributed by atoms with Gasteiger partial charge in [0.1, 0.15) is 34.5 Å². The first-order valence-corrected chi connectivity index (χ1v) is 9.76. The summed E-state index contributed by atoms with van der Waals surface area (Å²) in [7, 11) is 0. The van der Waals surface area contributed by atoms with Gasteiger partial charge in [-0.05, 0) is 72.5 Å². The van der Waals surface area contributed by atoms with E-state index < -0.39 is 0 Å². The highest BCUT2D eigenvalue weighted by Gasteiger charge is 2.02. The Bertz CT molecular complexity index is 1010. The maximum atomic E-state index is 9.52. The molecule has 4 aromatic rings. The number of benzene rings is 4. The van der Waals surface area contributed by atoms with Crippen molar-refractivity contribution >= 4 is 0 Å². The third-order valence-electron chi connectivity index (χ3n) is 4.66. The number of rotatable bonds is 7. The molecule has 0 saturated heterocycles. The molecule has 0 amide bonds. The Hall–Kier alpha value is -3.92. The molecular weight excluding hydrogens is 376 g/mol. The molecular formula is C26H22O4. The van der Waals surface area contributed by atoms with Gasteiger partial charge in [0.15, 0.2) is 0 Å². The first-order chi connectivity index (χ1) is 14.6. The van der Waals surface area contributed by atoms with Crippen molar-refractivity contribution in [2.45, 2.75) is 12.8 Å². The smallest absolute Gasteiger partial charge is 0.131 e. The van der Waals surface area contributed by atoms with E-state index >= 15 is 0 Å². The number of phenols is 2. The van der Waals surface area contributed by atoms with Crippen LogP contribution in [-0.4, -0.2) is 10.2 Å². The summed E-state index contributed by atoms with van der Waals surface area (Å²) in [6, 6.07) is 29.5. The normalized spacial score (nSPS) is 10.5. The Kier molecular flexibility index (Phi) is 5.85. The summed E-state index contributed by atoms with van der Waals surface area (Å²) in [5, 5.41) is 19.0. The Balaban J connectivity index is 1.31. The van der Waals surface area contributed by atoms with Gasteiger partial charge in [-0.1, -0.05) is 36.4 Å². The molecule has 0 bridgehead atoms. The summed E-state index contributed by atoms with van der Waals surface area (Å²) in [4.78, 5) is 0. The molecule has 0 atom stereocenters. The maximum absolute atomic E-state index is 9.52. The number of ether oxygens (including phenoxy) is 2. The van der Waals surface area contributed by atoms with Crippen LogP contribution < -0.4 is 9.47 Å². The van der Waals surface area contributed by atoms with Gasteiger partial charge in [-0.2, -0.15) is 0 Å². The third-order valence-corrected chi connectivity index (χ3v) is 4.66. The fraction of sp³-hybridized carbons (Fsp3) is 0.0769. The van der Waals surface area contributed by atoms with E-state index in [0.29, 0.717) is 11.5 Å². The van der Waals surface area contributed by atoms with Crippen LogP contribution in [0.25, 0.3) is 0 Å². The molecule has 0 spiro atoms. The second-order valence-corrected chi connectivity index (χ2v) is 6.99. The first-order valence-electron chi connectivity index (χ1n) is 9.76. The summed E-state index contributed by atoms with van der Waals surface area (Å²) in [6.07, 6.45) is 1.83. The molecule has 0 saturated carbocycles. The van der Waals surface area contributed by atoms with Crippen LogP contribution in [-0.2, 0) is 12.8 Å². The van der Waals surface area contributed by atoms with Gasteiger partial charge in [-0.25, -0.2) is 0 Å². The van der Waals surface area contributed by atoms with Gasteiger partial charge in [-0.15, -0.1) is 0 Å². The molecule has 0 aromatic heterocycles. The maximum Gasteiger partial charge on any atom is 0.131 e. The van der Waals surface area contributed by atoms with Gasteiger partial charge in [0.2, 0.25) is 0 Å². The highest BCUT2D eigenvalue weighted by molar-refractivity contribution is 5.38. The Morgan fingerprint density at radius 3 is 1.23 bits per heavy atom. The molecule has 4 heteroatoms. The van der Waals surface area contributed by atoms with E-state index in [-0.39, 0.29) is 11.5 Å². The number of phenolic OH excluding ortho intramolecular Hbond substituents is 2. The van der Waals surface area contributed by atoms with Crippen molar-refractivity contribution in [3.8, 4) is 34.5 Å². The fourth-order valence-corrected chi connectivity index (χ4v) is 3.10. The van der Waals surface area contributed by atoms with Crippen LogP contribution in [0.2, 0.25) is 0 Å². The number of hydrogen-bond acceptors (Lipinski definition) is 4. The molecule has 30 heavy (non-hydrogen) atoms. The van der Waals surface area contributed by atoms with Crippen LogP contribution in [0, 0.1) is 0 Å². The number of hydrogen-bond donors (Lipinski definition) is 2. The Morgan fingerprint density at radius 2 is 0.867 bits per heavy atom. The first kappa shape index (κ1) is 19.4. The van der Waals surface area contributed by atoms with Crippen LogP contribution in [0.5, 0.6) is 34.5 Å². The van der Waals surface area contributed by atoms with Crippen LogP contribution in [0.1, 0.15) is 11.1 Å². The van der Waals surface area contributed by atoms with Gasteiger partial charge in [-0.3, -0.25) is 0 Å². The van der Waals surface area contributed by atoms with Crippen LogP contribution in [0.15, 0.2) is 97.1 Å². The highest BCUT2D eigenvalue weighted by Crippen LogP contribution is 2.26. The van der Waals surface area contributed by atoms with E-state index in [4.69, 9.17) is 9.47 Å². The minimum Gasteiger partial charge on any atom is -0.508 e. The SMILES string of the molecule is Oc1cccc(Oc2ccc(CCc3ccc(Oc4cccc(O)c4)cc3)cc2)c1. The predicted molar refractivity (Wildman–Crippen MR) is 117 cm³/mol. The third kappa shape index (κ3) is 5.32. The topological polar surface area (TPSA) is 58.9 Å². The molecule has 2 N–H and O–H groups in total. The molecule has 0 aliphatic rings. The lowest BCUT2D eigenvalue weighted by Gasteiger charge is -2.08. The molecule has 0 fully saturated rings. The number of aromatic hydroxyl groups is 2. The van der Waals surface area contributed by atoms with E-state index in [1.807, 2.05) is 36.4 Å². The molecule has 4 nitrogen and oxygen atoms in total. The fourth-order valence-electron chi connectivity index (χ4n) is 3.10. The molecule has 0 radical (unpaired) electrons. The second kappa shape index (κ2) is 9.05. The molecule has 0 aliphatic heterocycles. The van der Waals surface area contributed by atoms with Gasteiger partial charge >= 0.3 is 0 Å². The van der Waals surface area contributed by atoms with Crippen molar-refractivity contribution in [3.05, 3.63) is 108 Å². The lowest BCUT2D eigenvalue weighted by molar-refractivity contribution is 0.454. The minimum atomic E-state index is 0.183. The van der Waals surface area contributed by atoms with Gasteiger partial charge in [0.25, 0.3) is 0 Å². The van der Waals surface area contributed by atoms with Crippen LogP contribution >= 0.6 is 0 Å². The molecule has 4 aromatic carbocycles. The zero-order valence-corrected chi connectivity index (χ0v) is 16.4. The van der Waals surface area contributed by atoms with Crippen molar-refractivity contribution in [3.63, 3.8) is 0 Å². The van der Waals surface area contributed by atoms with Gasteiger partial charge in [0, 0.05) is 12.1 Å². The van der Waals surface area contributed by atoms with Gasteiger partial charge in [0.05, 0.1) is 0 Å².